The van der Waals surface area contributed by atoms with Crippen LogP contribution in [0, 0.1) is 6.92 Å². The highest BCUT2D eigenvalue weighted by Gasteiger charge is 2.14. The fraction of sp³-hybridized carbons (Fsp3) is 0.417. The van der Waals surface area contributed by atoms with Gasteiger partial charge in [-0.05, 0) is 37.1 Å². The van der Waals surface area contributed by atoms with Crippen LogP contribution in [0.3, 0.4) is 0 Å². The normalized spacial score (nSPS) is 11.0. The van der Waals surface area contributed by atoms with Crippen LogP contribution in [0.5, 0.6) is 0 Å². The number of benzene rings is 2. The van der Waals surface area contributed by atoms with Crippen LogP contribution in [0.1, 0.15) is 66.9 Å². The van der Waals surface area contributed by atoms with Crippen molar-refractivity contribution in [1.29, 1.82) is 0 Å². The third-order valence-corrected chi connectivity index (χ3v) is 5.17. The Morgan fingerprint density at radius 1 is 1.03 bits per heavy atom. The molecule has 158 valence electrons. The number of carbonyl (C=O) groups excluding carboxylic acids is 1. The molecule has 0 aliphatic rings. The first kappa shape index (κ1) is 21.7. The summed E-state index contributed by atoms with van der Waals surface area (Å²) >= 11 is 0. The number of hydrogen-bond donors (Lipinski definition) is 0. The van der Waals surface area contributed by atoms with Crippen LogP contribution in [0.25, 0.3) is 10.9 Å². The minimum atomic E-state index is -0.364. The molecule has 0 unspecified atom stereocenters. The average Bonchev–Trinajstić information content (AvgIpc) is 2.75. The molecule has 0 saturated carbocycles. The summed E-state index contributed by atoms with van der Waals surface area (Å²) in [7, 11) is 0. The predicted octanol–water partition coefficient (Wildman–Crippen LogP) is 4.67. The zero-order valence-electron chi connectivity index (χ0n) is 17.8. The average molecular weight is 408 g/mol. The highest BCUT2D eigenvalue weighted by atomic mass is 16.5. The number of ether oxygens (including phenoxy) is 1. The van der Waals surface area contributed by atoms with Gasteiger partial charge in [0.05, 0.1) is 24.1 Å². The molecule has 6 nitrogen and oxygen atoms in total. The lowest BCUT2D eigenvalue weighted by Crippen LogP contribution is -2.25. The monoisotopic (exact) mass is 407 g/mol. The Morgan fingerprint density at radius 3 is 2.63 bits per heavy atom. The second kappa shape index (κ2) is 10.7. The molecule has 0 saturated heterocycles. The van der Waals surface area contributed by atoms with Crippen molar-refractivity contribution < 1.29 is 9.53 Å². The van der Waals surface area contributed by atoms with Gasteiger partial charge in [0.1, 0.15) is 5.52 Å². The molecule has 0 radical (unpaired) electrons. The summed E-state index contributed by atoms with van der Waals surface area (Å²) in [5.74, 6) is -0.364. The maximum absolute atomic E-state index is 12.8. The molecule has 1 aromatic heterocycles. The minimum Gasteiger partial charge on any atom is -0.462 e. The zero-order valence-corrected chi connectivity index (χ0v) is 17.8. The van der Waals surface area contributed by atoms with E-state index >= 15 is 0 Å². The summed E-state index contributed by atoms with van der Waals surface area (Å²) < 4.78 is 6.76. The SMILES string of the molecule is CCCCCCCCOC(=O)c1ccccc1Cn1nnc2ccc(C)cc2c1=O. The van der Waals surface area contributed by atoms with Crippen LogP contribution in [0.4, 0.5) is 0 Å². The van der Waals surface area contributed by atoms with Gasteiger partial charge < -0.3 is 4.74 Å². The molecule has 0 aliphatic carbocycles. The highest BCUT2D eigenvalue weighted by Crippen LogP contribution is 2.13. The molecule has 0 aliphatic heterocycles. The quantitative estimate of drug-likeness (QED) is 0.361. The van der Waals surface area contributed by atoms with Crippen molar-refractivity contribution in [2.75, 3.05) is 6.61 Å². The van der Waals surface area contributed by atoms with Gasteiger partial charge >= 0.3 is 5.97 Å². The summed E-state index contributed by atoms with van der Waals surface area (Å²) in [6.07, 6.45) is 6.81. The number of aromatic nitrogens is 3. The van der Waals surface area contributed by atoms with E-state index in [4.69, 9.17) is 4.74 Å². The molecule has 6 heteroatoms. The van der Waals surface area contributed by atoms with E-state index in [9.17, 15) is 9.59 Å². The summed E-state index contributed by atoms with van der Waals surface area (Å²) in [5.41, 5.74) is 2.47. The van der Waals surface area contributed by atoms with Crippen molar-refractivity contribution in [3.05, 3.63) is 69.5 Å². The van der Waals surface area contributed by atoms with E-state index in [1.165, 1.54) is 30.4 Å². The van der Waals surface area contributed by atoms with E-state index in [1.54, 1.807) is 18.2 Å². The van der Waals surface area contributed by atoms with E-state index in [1.807, 2.05) is 31.2 Å². The second-order valence-corrected chi connectivity index (χ2v) is 7.63. The molecule has 3 aromatic rings. The van der Waals surface area contributed by atoms with E-state index in [0.29, 0.717) is 28.6 Å². The Morgan fingerprint density at radius 2 is 1.80 bits per heavy atom. The highest BCUT2D eigenvalue weighted by molar-refractivity contribution is 5.91. The number of nitrogens with zero attached hydrogens (tertiary/aromatic N) is 3. The Balaban J connectivity index is 1.68. The summed E-state index contributed by atoms with van der Waals surface area (Å²) in [4.78, 5) is 25.4. The second-order valence-electron chi connectivity index (χ2n) is 7.63. The van der Waals surface area contributed by atoms with Gasteiger partial charge in [0.25, 0.3) is 5.56 Å². The lowest BCUT2D eigenvalue weighted by Gasteiger charge is -2.11. The fourth-order valence-corrected chi connectivity index (χ4v) is 3.44. The van der Waals surface area contributed by atoms with E-state index < -0.39 is 0 Å². The Hall–Kier alpha value is -3.02. The number of esters is 1. The van der Waals surface area contributed by atoms with Crippen LogP contribution in [-0.4, -0.2) is 27.6 Å². The Kier molecular flexibility index (Phi) is 7.71. The molecule has 3 rings (SSSR count). The predicted molar refractivity (Wildman–Crippen MR) is 118 cm³/mol. The molecule has 30 heavy (non-hydrogen) atoms. The van der Waals surface area contributed by atoms with Gasteiger partial charge in [-0.15, -0.1) is 5.10 Å². The summed E-state index contributed by atoms with van der Waals surface area (Å²) in [6, 6.07) is 12.7. The maximum Gasteiger partial charge on any atom is 0.338 e. The van der Waals surface area contributed by atoms with E-state index in [0.717, 1.165) is 18.4 Å². The van der Waals surface area contributed by atoms with Crippen LogP contribution in [0.15, 0.2) is 47.3 Å². The van der Waals surface area contributed by atoms with Gasteiger partial charge in [0, 0.05) is 0 Å². The molecule has 0 N–H and O–H groups in total. The molecule has 0 spiro atoms. The van der Waals surface area contributed by atoms with Gasteiger partial charge in [0.2, 0.25) is 0 Å². The number of carbonyl (C=O) groups is 1. The first-order valence-corrected chi connectivity index (χ1v) is 10.7. The Labute approximate surface area is 176 Å². The molecular formula is C24H29N3O3. The van der Waals surface area contributed by atoms with Crippen molar-refractivity contribution in [2.45, 2.75) is 58.9 Å². The van der Waals surface area contributed by atoms with Gasteiger partial charge in [-0.25, -0.2) is 9.48 Å². The molecule has 0 atom stereocenters. The lowest BCUT2D eigenvalue weighted by atomic mass is 10.1. The van der Waals surface area contributed by atoms with Gasteiger partial charge in [-0.2, -0.15) is 0 Å². The van der Waals surface area contributed by atoms with Crippen molar-refractivity contribution in [3.8, 4) is 0 Å². The standard InChI is InChI=1S/C24H29N3O3/c1-3-4-5-6-7-10-15-30-24(29)20-12-9-8-11-19(20)17-27-23(28)21-16-18(2)13-14-22(21)25-26-27/h8-9,11-14,16H,3-7,10,15,17H2,1-2H3. The number of aryl methyl sites for hydroxylation is 1. The number of fused-ring (bicyclic) bond motifs is 1. The van der Waals surface area contributed by atoms with Crippen LogP contribution in [0.2, 0.25) is 0 Å². The molecule has 0 fully saturated rings. The third-order valence-electron chi connectivity index (χ3n) is 5.17. The van der Waals surface area contributed by atoms with Crippen molar-refractivity contribution >= 4 is 16.9 Å². The fourth-order valence-electron chi connectivity index (χ4n) is 3.44. The molecule has 2 aromatic carbocycles. The largest absolute Gasteiger partial charge is 0.462 e. The number of unbranched alkanes of at least 4 members (excludes halogenated alkanes) is 5. The minimum absolute atomic E-state index is 0.165. The Bertz CT molecular complexity index is 1060. The first-order valence-electron chi connectivity index (χ1n) is 10.7. The van der Waals surface area contributed by atoms with Crippen LogP contribution < -0.4 is 5.56 Å². The molecule has 0 bridgehead atoms. The number of rotatable bonds is 10. The first-order chi connectivity index (χ1) is 14.6. The van der Waals surface area contributed by atoms with Gasteiger partial charge in [0.15, 0.2) is 0 Å². The molecule has 0 amide bonds. The van der Waals surface area contributed by atoms with Gasteiger partial charge in [-0.3, -0.25) is 4.79 Å². The smallest absolute Gasteiger partial charge is 0.338 e. The summed E-state index contributed by atoms with van der Waals surface area (Å²) in [5, 5.41) is 8.71. The lowest BCUT2D eigenvalue weighted by molar-refractivity contribution is 0.0496. The van der Waals surface area contributed by atoms with Crippen molar-refractivity contribution in [1.82, 2.24) is 15.0 Å². The van der Waals surface area contributed by atoms with E-state index in [2.05, 4.69) is 17.2 Å². The maximum atomic E-state index is 12.8. The van der Waals surface area contributed by atoms with Crippen LogP contribution in [-0.2, 0) is 11.3 Å². The number of hydrogen-bond acceptors (Lipinski definition) is 5. The van der Waals surface area contributed by atoms with Gasteiger partial charge in [-0.1, -0.05) is 74.1 Å². The topological polar surface area (TPSA) is 74.1 Å². The van der Waals surface area contributed by atoms with Crippen LogP contribution >= 0.6 is 0 Å². The summed E-state index contributed by atoms with van der Waals surface area (Å²) in [6.45, 7) is 4.70. The van der Waals surface area contributed by atoms with Crippen molar-refractivity contribution in [3.63, 3.8) is 0 Å². The molecule has 1 heterocycles. The third kappa shape index (κ3) is 5.53. The van der Waals surface area contributed by atoms with Crippen molar-refractivity contribution in [2.24, 2.45) is 0 Å². The molecular weight excluding hydrogens is 378 g/mol. The zero-order chi connectivity index (χ0) is 21.3. The van der Waals surface area contributed by atoms with E-state index in [-0.39, 0.29) is 18.1 Å².